The molecule has 0 saturated heterocycles. The summed E-state index contributed by atoms with van der Waals surface area (Å²) in [5, 5.41) is 16.0. The van der Waals surface area contributed by atoms with Crippen molar-refractivity contribution in [3.8, 4) is 0 Å². The molecule has 11 heteroatoms. The number of ether oxygens (including phenoxy) is 1. The Labute approximate surface area is 195 Å². The Morgan fingerprint density at radius 3 is 2.47 bits per heavy atom. The monoisotopic (exact) mass is 474 g/mol. The Balaban J connectivity index is 1.66. The van der Waals surface area contributed by atoms with E-state index in [1.54, 1.807) is 0 Å². The molecule has 0 aliphatic rings. The largest absolute Gasteiger partial charge is 0.445 e. The summed E-state index contributed by atoms with van der Waals surface area (Å²) >= 11 is 0. The van der Waals surface area contributed by atoms with E-state index < -0.39 is 40.4 Å². The van der Waals surface area contributed by atoms with E-state index in [0.29, 0.717) is 31.4 Å². The fraction of sp³-hybridized carbons (Fsp3) is 0.348. The van der Waals surface area contributed by atoms with E-state index in [2.05, 4.69) is 10.6 Å². The molecule has 2 rings (SSSR count). The number of amides is 3. The lowest BCUT2D eigenvalue weighted by Crippen LogP contribution is -2.45. The van der Waals surface area contributed by atoms with Gasteiger partial charge >= 0.3 is 11.8 Å². The molecule has 0 bridgehead atoms. The molecule has 182 valence electrons. The first-order chi connectivity index (χ1) is 16.3. The van der Waals surface area contributed by atoms with E-state index in [4.69, 9.17) is 10.5 Å². The van der Waals surface area contributed by atoms with Gasteiger partial charge in [0.25, 0.3) is 0 Å². The number of hydrogen-bond donors (Lipinski definition) is 3. The van der Waals surface area contributed by atoms with Crippen molar-refractivity contribution >= 4 is 23.6 Å². The number of nitro groups is 1. The molecule has 0 spiro atoms. The second kappa shape index (κ2) is 13.5. The van der Waals surface area contributed by atoms with Crippen LogP contribution in [0.15, 0.2) is 48.5 Å². The lowest BCUT2D eigenvalue weighted by molar-refractivity contribution is -0.387. The van der Waals surface area contributed by atoms with E-state index in [1.807, 2.05) is 30.3 Å². The number of unbranched alkanes of at least 4 members (excludes halogenated alkanes) is 2. The van der Waals surface area contributed by atoms with Gasteiger partial charge in [-0.2, -0.15) is 4.39 Å². The number of primary amides is 1. The van der Waals surface area contributed by atoms with Crippen molar-refractivity contribution in [2.24, 2.45) is 5.73 Å². The van der Waals surface area contributed by atoms with Crippen LogP contribution in [0.3, 0.4) is 0 Å². The quantitative estimate of drug-likeness (QED) is 0.230. The molecular weight excluding hydrogens is 447 g/mol. The lowest BCUT2D eigenvalue weighted by Gasteiger charge is -2.15. The summed E-state index contributed by atoms with van der Waals surface area (Å²) in [4.78, 5) is 45.5. The zero-order valence-corrected chi connectivity index (χ0v) is 18.5. The van der Waals surface area contributed by atoms with Gasteiger partial charge in [-0.3, -0.25) is 19.7 Å². The number of hydrogen-bond acceptors (Lipinski definition) is 6. The van der Waals surface area contributed by atoms with Crippen molar-refractivity contribution in [3.05, 3.63) is 75.6 Å². The van der Waals surface area contributed by atoms with Crippen LogP contribution in [0.2, 0.25) is 0 Å². The molecule has 0 radical (unpaired) electrons. The van der Waals surface area contributed by atoms with Crippen LogP contribution in [0.1, 0.15) is 36.8 Å². The van der Waals surface area contributed by atoms with Crippen molar-refractivity contribution in [1.29, 1.82) is 0 Å². The molecule has 2 aromatic carbocycles. The smallest absolute Gasteiger partial charge is 0.407 e. The Morgan fingerprint density at radius 1 is 1.06 bits per heavy atom. The van der Waals surface area contributed by atoms with Gasteiger partial charge < -0.3 is 21.1 Å². The highest BCUT2D eigenvalue weighted by atomic mass is 19.1. The van der Waals surface area contributed by atoms with Gasteiger partial charge in [-0.05, 0) is 30.0 Å². The van der Waals surface area contributed by atoms with Gasteiger partial charge in [0.2, 0.25) is 17.6 Å². The van der Waals surface area contributed by atoms with Crippen LogP contribution < -0.4 is 16.4 Å². The molecule has 0 heterocycles. The summed E-state index contributed by atoms with van der Waals surface area (Å²) in [6.45, 7) is 0.571. The third-order valence-corrected chi connectivity index (χ3v) is 4.89. The first-order valence-corrected chi connectivity index (χ1v) is 10.7. The van der Waals surface area contributed by atoms with E-state index in [-0.39, 0.29) is 19.4 Å². The van der Waals surface area contributed by atoms with Crippen molar-refractivity contribution in [2.75, 3.05) is 6.54 Å². The van der Waals surface area contributed by atoms with Crippen LogP contribution in [0.25, 0.3) is 0 Å². The van der Waals surface area contributed by atoms with Crippen LogP contribution in [0.4, 0.5) is 14.9 Å². The molecule has 3 amide bonds. The number of alkyl carbamates (subject to hydrolysis) is 1. The molecular formula is C23H27FN4O6. The maximum absolute atomic E-state index is 13.5. The summed E-state index contributed by atoms with van der Waals surface area (Å²) < 4.78 is 18.6. The number of carbonyl (C=O) groups excluding carboxylic acids is 3. The average Bonchev–Trinajstić information content (AvgIpc) is 2.81. The van der Waals surface area contributed by atoms with Crippen molar-refractivity contribution in [2.45, 2.75) is 44.8 Å². The van der Waals surface area contributed by atoms with Crippen molar-refractivity contribution in [1.82, 2.24) is 10.6 Å². The highest BCUT2D eigenvalue weighted by Crippen LogP contribution is 2.19. The summed E-state index contributed by atoms with van der Waals surface area (Å²) in [5.41, 5.74) is 5.79. The van der Waals surface area contributed by atoms with Crippen LogP contribution in [0.5, 0.6) is 0 Å². The van der Waals surface area contributed by atoms with Crippen LogP contribution in [0, 0.1) is 15.9 Å². The predicted octanol–water partition coefficient (Wildman–Crippen LogP) is 2.73. The number of nitrogens with two attached hydrogens (primary N) is 1. The number of nitro benzene ring substituents is 1. The van der Waals surface area contributed by atoms with Gasteiger partial charge in [0, 0.05) is 25.5 Å². The van der Waals surface area contributed by atoms with E-state index in [9.17, 15) is 28.9 Å². The number of nitrogens with one attached hydrogen (secondary N) is 2. The average molecular weight is 474 g/mol. The molecule has 0 saturated carbocycles. The molecule has 0 unspecified atom stereocenters. The fourth-order valence-electron chi connectivity index (χ4n) is 3.10. The molecule has 0 fully saturated rings. The summed E-state index contributed by atoms with van der Waals surface area (Å²) in [7, 11) is 0. The predicted molar refractivity (Wildman–Crippen MR) is 121 cm³/mol. The van der Waals surface area contributed by atoms with E-state index in [1.165, 1.54) is 6.07 Å². The molecule has 0 aromatic heterocycles. The number of nitrogens with zero attached hydrogens (tertiary/aromatic N) is 1. The maximum Gasteiger partial charge on any atom is 0.407 e. The summed E-state index contributed by atoms with van der Waals surface area (Å²) in [6.07, 6.45) is 1.31. The van der Waals surface area contributed by atoms with Gasteiger partial charge in [0.1, 0.15) is 12.6 Å². The Bertz CT molecular complexity index is 1000. The first-order valence-electron chi connectivity index (χ1n) is 10.7. The van der Waals surface area contributed by atoms with Gasteiger partial charge in [-0.25, -0.2) is 4.79 Å². The first kappa shape index (κ1) is 26.2. The van der Waals surface area contributed by atoms with E-state index >= 15 is 0 Å². The number of rotatable bonds is 13. The van der Waals surface area contributed by atoms with E-state index in [0.717, 1.165) is 17.7 Å². The normalized spacial score (nSPS) is 11.3. The number of benzene rings is 2. The zero-order valence-electron chi connectivity index (χ0n) is 18.5. The minimum atomic E-state index is -1.08. The molecule has 1 atom stereocenters. The summed E-state index contributed by atoms with van der Waals surface area (Å²) in [5.74, 6) is -2.21. The van der Waals surface area contributed by atoms with Crippen LogP contribution >= 0.6 is 0 Å². The number of halogens is 1. The molecule has 34 heavy (non-hydrogen) atoms. The van der Waals surface area contributed by atoms with Gasteiger partial charge in [-0.15, -0.1) is 0 Å². The SMILES string of the molecule is NC(=O)[C@@H](Cc1ccc(F)c([N+](=O)[O-])c1)NC(=O)CCCCCNC(=O)OCc1ccccc1. The third-order valence-electron chi connectivity index (χ3n) is 4.89. The molecule has 0 aliphatic carbocycles. The minimum absolute atomic E-state index is 0.1000. The van der Waals surface area contributed by atoms with Crippen molar-refractivity contribution < 1.29 is 28.4 Å². The fourth-order valence-corrected chi connectivity index (χ4v) is 3.10. The second-order valence-corrected chi connectivity index (χ2v) is 7.57. The second-order valence-electron chi connectivity index (χ2n) is 7.57. The minimum Gasteiger partial charge on any atom is -0.445 e. The summed E-state index contributed by atoms with van der Waals surface area (Å²) in [6, 6.07) is 11.4. The van der Waals surface area contributed by atoms with Gasteiger partial charge in [0.15, 0.2) is 0 Å². The van der Waals surface area contributed by atoms with Crippen LogP contribution in [-0.4, -0.2) is 35.4 Å². The number of carbonyl (C=O) groups is 3. The Kier molecular flexibility index (Phi) is 10.4. The lowest BCUT2D eigenvalue weighted by atomic mass is 10.0. The van der Waals surface area contributed by atoms with Crippen molar-refractivity contribution in [3.63, 3.8) is 0 Å². The molecule has 0 aliphatic heterocycles. The third kappa shape index (κ3) is 9.23. The van der Waals surface area contributed by atoms with Gasteiger partial charge in [-0.1, -0.05) is 42.8 Å². The highest BCUT2D eigenvalue weighted by Gasteiger charge is 2.21. The Morgan fingerprint density at radius 2 is 1.79 bits per heavy atom. The molecule has 4 N–H and O–H groups in total. The Hall–Kier alpha value is -4.02. The highest BCUT2D eigenvalue weighted by molar-refractivity contribution is 5.86. The zero-order chi connectivity index (χ0) is 24.9. The topological polar surface area (TPSA) is 154 Å². The molecule has 10 nitrogen and oxygen atoms in total. The standard InChI is InChI=1S/C23H27FN4O6/c24-18-11-10-17(14-20(18)28(32)33)13-19(22(25)30)27-21(29)9-5-2-6-12-26-23(31)34-15-16-7-3-1-4-8-16/h1,3-4,7-8,10-11,14,19H,2,5-6,9,12-13,15H2,(H2,25,30)(H,26,31)(H,27,29)/t19-/m1/s1. The van der Waals surface area contributed by atoms with Crippen LogP contribution in [-0.2, 0) is 27.4 Å². The maximum atomic E-state index is 13.5. The van der Waals surface area contributed by atoms with Gasteiger partial charge in [0.05, 0.1) is 4.92 Å². The molecule has 2 aromatic rings.